The van der Waals surface area contributed by atoms with Gasteiger partial charge < -0.3 is 5.32 Å². The van der Waals surface area contributed by atoms with E-state index in [1.165, 1.54) is 11.8 Å². The van der Waals surface area contributed by atoms with Gasteiger partial charge in [-0.25, -0.2) is 9.97 Å². The summed E-state index contributed by atoms with van der Waals surface area (Å²) in [6.45, 7) is 0. The maximum Gasteiger partial charge on any atom is 0.235 e. The van der Waals surface area contributed by atoms with E-state index in [4.69, 9.17) is 0 Å². The molecule has 3 aromatic heterocycles. The first-order valence-corrected chi connectivity index (χ1v) is 8.58. The van der Waals surface area contributed by atoms with Crippen LogP contribution in [0.5, 0.6) is 0 Å². The maximum atomic E-state index is 11.8. The third kappa shape index (κ3) is 3.92. The van der Waals surface area contributed by atoms with Gasteiger partial charge in [-0.2, -0.15) is 5.10 Å². The van der Waals surface area contributed by atoms with E-state index >= 15 is 0 Å². The largest absolute Gasteiger partial charge is 0.310 e. The lowest BCUT2D eigenvalue weighted by Gasteiger charge is -2.02. The number of pyridine rings is 1. The number of nitrogens with zero attached hydrogens (tertiary/aromatic N) is 3. The van der Waals surface area contributed by atoms with Crippen LogP contribution in [0.15, 0.2) is 41.9 Å². The Hall–Kier alpha value is -2.19. The predicted octanol–water partition coefficient (Wildman–Crippen LogP) is 2.80. The topological polar surface area (TPSA) is 83.6 Å². The monoisotopic (exact) mass is 331 g/mol. The van der Waals surface area contributed by atoms with Gasteiger partial charge in [0.25, 0.3) is 0 Å². The van der Waals surface area contributed by atoms with Crippen LogP contribution in [0.4, 0.5) is 5.82 Å². The molecule has 3 aromatic rings. The van der Waals surface area contributed by atoms with E-state index in [1.54, 1.807) is 29.7 Å². The van der Waals surface area contributed by atoms with Crippen molar-refractivity contribution < 1.29 is 4.79 Å². The molecule has 22 heavy (non-hydrogen) atoms. The number of rotatable bonds is 6. The number of thioether (sulfide) groups is 1. The number of carbonyl (C=O) groups excluding carboxylic acids is 1. The van der Waals surface area contributed by atoms with E-state index in [9.17, 15) is 4.79 Å². The van der Waals surface area contributed by atoms with E-state index in [-0.39, 0.29) is 5.91 Å². The number of nitrogens with one attached hydrogen (secondary N) is 2. The van der Waals surface area contributed by atoms with Crippen LogP contribution in [0.3, 0.4) is 0 Å². The van der Waals surface area contributed by atoms with Crippen molar-refractivity contribution in [1.29, 1.82) is 0 Å². The molecular weight excluding hydrogens is 318 g/mol. The summed E-state index contributed by atoms with van der Waals surface area (Å²) in [5, 5.41) is 11.8. The first-order chi connectivity index (χ1) is 10.8. The number of H-pyrrole nitrogens is 1. The van der Waals surface area contributed by atoms with Gasteiger partial charge >= 0.3 is 0 Å². The first kappa shape index (κ1) is 14.7. The molecule has 0 saturated heterocycles. The van der Waals surface area contributed by atoms with Crippen LogP contribution in [0.25, 0.3) is 10.7 Å². The summed E-state index contributed by atoms with van der Waals surface area (Å²) in [7, 11) is 0. The van der Waals surface area contributed by atoms with Crippen molar-refractivity contribution in [2.45, 2.75) is 5.75 Å². The van der Waals surface area contributed by atoms with E-state index in [1.807, 2.05) is 23.6 Å². The fourth-order valence-electron chi connectivity index (χ4n) is 1.73. The second kappa shape index (κ2) is 7.19. The van der Waals surface area contributed by atoms with Crippen molar-refractivity contribution in [2.75, 3.05) is 11.1 Å². The van der Waals surface area contributed by atoms with E-state index < -0.39 is 0 Å². The molecule has 3 heterocycles. The third-order valence-corrected chi connectivity index (χ3v) is 4.49. The Morgan fingerprint density at radius 1 is 1.32 bits per heavy atom. The molecule has 1 amide bonds. The molecule has 0 fully saturated rings. The summed E-state index contributed by atoms with van der Waals surface area (Å²) in [6.07, 6.45) is 1.64. The van der Waals surface area contributed by atoms with Gasteiger partial charge in [0.1, 0.15) is 11.6 Å². The number of aromatic nitrogens is 4. The minimum Gasteiger partial charge on any atom is -0.310 e. The summed E-state index contributed by atoms with van der Waals surface area (Å²) < 4.78 is 0. The van der Waals surface area contributed by atoms with E-state index in [0.717, 1.165) is 10.7 Å². The average molecular weight is 331 g/mol. The van der Waals surface area contributed by atoms with E-state index in [2.05, 4.69) is 25.5 Å². The molecule has 0 radical (unpaired) electrons. The van der Waals surface area contributed by atoms with Crippen molar-refractivity contribution in [3.63, 3.8) is 0 Å². The fourth-order valence-corrected chi connectivity index (χ4v) is 3.07. The molecular formula is C14H13N5OS2. The second-order valence-corrected chi connectivity index (χ2v) is 6.27. The van der Waals surface area contributed by atoms with Crippen molar-refractivity contribution in [1.82, 2.24) is 20.2 Å². The highest BCUT2D eigenvalue weighted by Gasteiger charge is 2.08. The van der Waals surface area contributed by atoms with Crippen LogP contribution >= 0.6 is 23.1 Å². The Morgan fingerprint density at radius 3 is 3.05 bits per heavy atom. The molecule has 8 heteroatoms. The molecule has 0 aliphatic carbocycles. The van der Waals surface area contributed by atoms with Gasteiger partial charge in [-0.15, -0.1) is 23.1 Å². The van der Waals surface area contributed by atoms with Gasteiger partial charge in [0.2, 0.25) is 5.91 Å². The highest BCUT2D eigenvalue weighted by molar-refractivity contribution is 7.99. The standard InChI is InChI=1S/C14H13N5OS2/c20-13(16-11-5-1-2-6-15-11)9-21-8-12-17-14(19-18-12)10-4-3-7-22-10/h1-7H,8-9H2,(H,15,16,20)(H,17,18,19). The molecule has 112 valence electrons. The lowest BCUT2D eigenvalue weighted by atomic mass is 10.4. The Balaban J connectivity index is 1.46. The third-order valence-electron chi connectivity index (χ3n) is 2.68. The van der Waals surface area contributed by atoms with Gasteiger partial charge in [-0.1, -0.05) is 12.1 Å². The maximum absolute atomic E-state index is 11.8. The van der Waals surface area contributed by atoms with Crippen LogP contribution in [-0.2, 0) is 10.5 Å². The molecule has 0 unspecified atom stereocenters. The quantitative estimate of drug-likeness (QED) is 0.725. The van der Waals surface area contributed by atoms with Gasteiger partial charge in [0, 0.05) is 6.20 Å². The normalized spacial score (nSPS) is 10.5. The minimum absolute atomic E-state index is 0.0818. The molecule has 0 aliphatic heterocycles. The van der Waals surface area contributed by atoms with Crippen LogP contribution in [0.2, 0.25) is 0 Å². The Labute approximate surface area is 135 Å². The summed E-state index contributed by atoms with van der Waals surface area (Å²) in [5.41, 5.74) is 0. The Bertz CT molecular complexity index is 727. The van der Waals surface area contributed by atoms with Gasteiger partial charge in [-0.3, -0.25) is 9.89 Å². The van der Waals surface area contributed by atoms with E-state index in [0.29, 0.717) is 23.1 Å². The summed E-state index contributed by atoms with van der Waals surface area (Å²) >= 11 is 3.07. The molecule has 6 nitrogen and oxygen atoms in total. The average Bonchev–Trinajstić information content (AvgIpc) is 3.19. The lowest BCUT2D eigenvalue weighted by molar-refractivity contribution is -0.113. The zero-order valence-corrected chi connectivity index (χ0v) is 13.2. The molecule has 0 bridgehead atoms. The molecule has 0 aromatic carbocycles. The Morgan fingerprint density at radius 2 is 2.27 bits per heavy atom. The van der Waals surface area contributed by atoms with Gasteiger partial charge in [0.15, 0.2) is 5.82 Å². The van der Waals surface area contributed by atoms with Crippen LogP contribution in [0.1, 0.15) is 5.82 Å². The highest BCUT2D eigenvalue weighted by atomic mass is 32.2. The van der Waals surface area contributed by atoms with Crippen LogP contribution < -0.4 is 5.32 Å². The molecule has 2 N–H and O–H groups in total. The van der Waals surface area contributed by atoms with Crippen molar-refractivity contribution in [3.05, 3.63) is 47.7 Å². The second-order valence-electron chi connectivity index (χ2n) is 4.34. The highest BCUT2D eigenvalue weighted by Crippen LogP contribution is 2.21. The lowest BCUT2D eigenvalue weighted by Crippen LogP contribution is -2.15. The molecule has 0 atom stereocenters. The minimum atomic E-state index is -0.0818. The first-order valence-electron chi connectivity index (χ1n) is 6.55. The zero-order valence-electron chi connectivity index (χ0n) is 11.5. The molecule has 0 spiro atoms. The van der Waals surface area contributed by atoms with Gasteiger partial charge in [-0.05, 0) is 23.6 Å². The zero-order chi connectivity index (χ0) is 15.2. The molecule has 3 rings (SSSR count). The number of amides is 1. The SMILES string of the molecule is O=C(CSCc1nc(-c2cccs2)n[nH]1)Nc1ccccn1. The smallest absolute Gasteiger partial charge is 0.235 e. The predicted molar refractivity (Wildman–Crippen MR) is 88.7 cm³/mol. The number of thiophene rings is 1. The summed E-state index contributed by atoms with van der Waals surface area (Å²) in [4.78, 5) is 21.3. The number of hydrogen-bond donors (Lipinski definition) is 2. The van der Waals surface area contributed by atoms with Crippen molar-refractivity contribution in [3.8, 4) is 10.7 Å². The van der Waals surface area contributed by atoms with Crippen LogP contribution in [-0.4, -0.2) is 31.8 Å². The van der Waals surface area contributed by atoms with Crippen LogP contribution in [0, 0.1) is 0 Å². The van der Waals surface area contributed by atoms with Crippen molar-refractivity contribution in [2.24, 2.45) is 0 Å². The molecule has 0 saturated carbocycles. The Kier molecular flexibility index (Phi) is 4.81. The number of hydrogen-bond acceptors (Lipinski definition) is 6. The van der Waals surface area contributed by atoms with Gasteiger partial charge in [0.05, 0.1) is 16.4 Å². The summed E-state index contributed by atoms with van der Waals surface area (Å²) in [6, 6.07) is 9.33. The number of carbonyl (C=O) groups is 1. The summed E-state index contributed by atoms with van der Waals surface area (Å²) in [5.74, 6) is 2.89. The van der Waals surface area contributed by atoms with Crippen molar-refractivity contribution >= 4 is 34.8 Å². The number of anilines is 1. The fraction of sp³-hybridized carbons (Fsp3) is 0.143. The number of aromatic amines is 1. The molecule has 0 aliphatic rings.